The Kier molecular flexibility index (Phi) is 5.93. The van der Waals surface area contributed by atoms with Crippen molar-refractivity contribution in [2.75, 3.05) is 9.62 Å². The molecule has 1 aromatic heterocycles. The number of alkyl halides is 3. The Morgan fingerprint density at radius 3 is 2.53 bits per heavy atom. The number of urea groups is 1. The zero-order chi connectivity index (χ0) is 23.0. The van der Waals surface area contributed by atoms with Crippen molar-refractivity contribution in [2.24, 2.45) is 0 Å². The summed E-state index contributed by atoms with van der Waals surface area (Å²) >= 11 is 11.6. The number of fused-ring (bicyclic) bond motifs is 1. The Hall–Kier alpha value is -2.95. The van der Waals surface area contributed by atoms with Crippen LogP contribution in [0.25, 0.3) is 20.8 Å². The normalized spacial score (nSPS) is 11.5. The lowest BCUT2D eigenvalue weighted by molar-refractivity contribution is -0.136. The number of halogens is 4. The maximum absolute atomic E-state index is 13.2. The number of nitrogens with zero attached hydrogens (tertiary/aromatic N) is 2. The summed E-state index contributed by atoms with van der Waals surface area (Å²) in [5.74, 6) is -0.453. The van der Waals surface area contributed by atoms with Crippen molar-refractivity contribution in [2.45, 2.75) is 6.18 Å². The highest BCUT2D eigenvalue weighted by atomic mass is 35.5. The Bertz CT molecular complexity index is 1290. The number of thiol groups is 1. The predicted molar refractivity (Wildman–Crippen MR) is 124 cm³/mol. The number of anilines is 2. The highest BCUT2D eigenvalue weighted by Gasteiger charge is 2.34. The number of para-hydroxylation sites is 2. The molecule has 2 amide bonds. The van der Waals surface area contributed by atoms with Gasteiger partial charge in [-0.05, 0) is 36.4 Å². The number of carbonyl (C=O) groups is 1. The smallest absolute Gasteiger partial charge is 0.418 e. The van der Waals surface area contributed by atoms with E-state index in [4.69, 9.17) is 11.6 Å². The molecule has 0 fully saturated rings. The number of nitrogens with one attached hydrogen (secondary N) is 1. The average molecular weight is 496 g/mol. The molecule has 32 heavy (non-hydrogen) atoms. The molecule has 5 nitrogen and oxygen atoms in total. The molecule has 0 bridgehead atoms. The molecule has 0 aliphatic heterocycles. The van der Waals surface area contributed by atoms with Gasteiger partial charge in [0.05, 0.1) is 26.5 Å². The van der Waals surface area contributed by atoms with E-state index < -0.39 is 29.2 Å². The van der Waals surface area contributed by atoms with E-state index in [-0.39, 0.29) is 10.7 Å². The van der Waals surface area contributed by atoms with E-state index in [1.807, 2.05) is 24.3 Å². The summed E-state index contributed by atoms with van der Waals surface area (Å²) in [6.45, 7) is 0. The summed E-state index contributed by atoms with van der Waals surface area (Å²) in [5.41, 5.74) is -0.302. The number of amides is 2. The van der Waals surface area contributed by atoms with E-state index in [1.165, 1.54) is 35.6 Å². The van der Waals surface area contributed by atoms with E-state index in [2.05, 4.69) is 23.1 Å². The molecule has 1 heterocycles. The number of hydrogen-bond donors (Lipinski definition) is 3. The van der Waals surface area contributed by atoms with Gasteiger partial charge in [-0.1, -0.05) is 48.7 Å². The van der Waals surface area contributed by atoms with Crippen LogP contribution in [-0.4, -0.2) is 16.1 Å². The number of thiazole rings is 1. The molecule has 0 aliphatic carbocycles. The molecule has 2 N–H and O–H groups in total. The van der Waals surface area contributed by atoms with Gasteiger partial charge in [-0.25, -0.2) is 14.1 Å². The Morgan fingerprint density at radius 1 is 1.12 bits per heavy atom. The number of rotatable bonds is 3. The highest BCUT2D eigenvalue weighted by molar-refractivity contribution is 7.82. The fraction of sp³-hybridized carbons (Fsp3) is 0.0476. The van der Waals surface area contributed by atoms with Crippen molar-refractivity contribution in [1.82, 2.24) is 4.98 Å². The number of hydrogen-bond acceptors (Lipinski definition) is 5. The first-order valence-electron chi connectivity index (χ1n) is 9.00. The van der Waals surface area contributed by atoms with E-state index in [9.17, 15) is 23.1 Å². The molecule has 0 spiro atoms. The number of benzene rings is 3. The number of phenols is 1. The first-order valence-corrected chi connectivity index (χ1v) is 10.6. The van der Waals surface area contributed by atoms with Crippen LogP contribution in [-0.2, 0) is 6.18 Å². The van der Waals surface area contributed by atoms with Crippen LogP contribution in [0.5, 0.6) is 5.75 Å². The third kappa shape index (κ3) is 4.34. The van der Waals surface area contributed by atoms with Gasteiger partial charge in [0, 0.05) is 5.56 Å². The van der Waals surface area contributed by atoms with Crippen LogP contribution in [0, 0.1) is 0 Å². The number of carbonyl (C=O) groups excluding carboxylic acids is 1. The van der Waals surface area contributed by atoms with Crippen molar-refractivity contribution in [1.29, 1.82) is 0 Å². The highest BCUT2D eigenvalue weighted by Crippen LogP contribution is 2.42. The van der Waals surface area contributed by atoms with Gasteiger partial charge < -0.3 is 10.4 Å². The van der Waals surface area contributed by atoms with E-state index in [1.54, 1.807) is 0 Å². The van der Waals surface area contributed by atoms with Gasteiger partial charge in [-0.3, -0.25) is 0 Å². The second-order valence-electron chi connectivity index (χ2n) is 6.60. The fourth-order valence-electron chi connectivity index (χ4n) is 2.98. The molecule has 164 valence electrons. The van der Waals surface area contributed by atoms with Crippen molar-refractivity contribution >= 4 is 63.4 Å². The maximum atomic E-state index is 13.2. The molecular weight excluding hydrogens is 483 g/mol. The van der Waals surface area contributed by atoms with Crippen molar-refractivity contribution < 1.29 is 23.1 Å². The van der Waals surface area contributed by atoms with Crippen LogP contribution in [0.2, 0.25) is 5.02 Å². The lowest BCUT2D eigenvalue weighted by atomic mass is 10.1. The lowest BCUT2D eigenvalue weighted by Crippen LogP contribution is -2.28. The molecule has 0 saturated carbocycles. The van der Waals surface area contributed by atoms with Crippen LogP contribution in [0.15, 0.2) is 60.7 Å². The van der Waals surface area contributed by atoms with Crippen molar-refractivity contribution in [3.05, 3.63) is 71.2 Å². The average Bonchev–Trinajstić information content (AvgIpc) is 3.19. The van der Waals surface area contributed by atoms with Gasteiger partial charge in [0.2, 0.25) is 0 Å². The first kappa shape index (κ1) is 22.3. The van der Waals surface area contributed by atoms with Crippen LogP contribution in [0.1, 0.15) is 5.56 Å². The summed E-state index contributed by atoms with van der Waals surface area (Å²) < 4.78 is 41.3. The number of phenolic OH excluding ortho intramolecular Hbond substituents is 1. The second kappa shape index (κ2) is 8.53. The molecule has 11 heteroatoms. The minimum Gasteiger partial charge on any atom is -0.504 e. The molecule has 3 aromatic carbocycles. The molecule has 0 aliphatic rings. The summed E-state index contributed by atoms with van der Waals surface area (Å²) in [4.78, 5) is 17.2. The predicted octanol–water partition coefficient (Wildman–Crippen LogP) is 7.22. The SMILES string of the molecule is O=C(Nc1ccccc1C(F)(F)F)N(S)c1cc(-c2nc3ccccc3s2)cc(Cl)c1O. The quantitative estimate of drug-likeness (QED) is 0.263. The second-order valence-corrected chi connectivity index (χ2v) is 8.44. The van der Waals surface area contributed by atoms with Gasteiger partial charge in [0.1, 0.15) is 10.7 Å². The maximum Gasteiger partial charge on any atom is 0.418 e. The number of aromatic nitrogens is 1. The van der Waals surface area contributed by atoms with Gasteiger partial charge in [-0.2, -0.15) is 13.2 Å². The van der Waals surface area contributed by atoms with E-state index in [0.717, 1.165) is 22.3 Å². The van der Waals surface area contributed by atoms with Crippen LogP contribution >= 0.6 is 35.8 Å². The van der Waals surface area contributed by atoms with Crippen LogP contribution in [0.4, 0.5) is 29.3 Å². The fourth-order valence-corrected chi connectivity index (χ4v) is 4.35. The Labute approximate surface area is 194 Å². The van der Waals surface area contributed by atoms with E-state index >= 15 is 0 Å². The van der Waals surface area contributed by atoms with Gasteiger partial charge in [0.15, 0.2) is 5.75 Å². The lowest BCUT2D eigenvalue weighted by Gasteiger charge is -2.20. The topological polar surface area (TPSA) is 65.5 Å². The summed E-state index contributed by atoms with van der Waals surface area (Å²) in [6.07, 6.45) is -4.66. The molecule has 0 saturated heterocycles. The van der Waals surface area contributed by atoms with Gasteiger partial charge in [0.25, 0.3) is 0 Å². The minimum atomic E-state index is -4.66. The molecule has 0 radical (unpaired) electrons. The summed E-state index contributed by atoms with van der Waals surface area (Å²) in [6, 6.07) is 13.9. The van der Waals surface area contributed by atoms with Gasteiger partial charge >= 0.3 is 12.2 Å². The Balaban J connectivity index is 1.68. The minimum absolute atomic E-state index is 0.0701. The van der Waals surface area contributed by atoms with Crippen molar-refractivity contribution in [3.63, 3.8) is 0 Å². The first-order chi connectivity index (χ1) is 15.1. The van der Waals surface area contributed by atoms with E-state index in [0.29, 0.717) is 14.9 Å². The zero-order valence-electron chi connectivity index (χ0n) is 15.9. The largest absolute Gasteiger partial charge is 0.504 e. The van der Waals surface area contributed by atoms with Crippen LogP contribution < -0.4 is 9.62 Å². The molecule has 0 unspecified atom stereocenters. The zero-order valence-corrected chi connectivity index (χ0v) is 18.4. The monoisotopic (exact) mass is 495 g/mol. The molecule has 4 aromatic rings. The number of aromatic hydroxyl groups is 1. The molecular formula is C21H13ClF3N3O2S2. The van der Waals surface area contributed by atoms with Crippen LogP contribution in [0.3, 0.4) is 0 Å². The molecule has 0 atom stereocenters. The standard InChI is InChI=1S/C21H13ClF3N3O2S2/c22-13-9-11(19-26-15-7-3-4-8-17(15)32-19)10-16(18(13)29)28(31)20(30)27-14-6-2-1-5-12(14)21(23,24)25/h1-10,29,31H,(H,27,30). The third-order valence-corrected chi connectivity index (χ3v) is 6.25. The summed E-state index contributed by atoms with van der Waals surface area (Å²) in [5, 5.41) is 13.1. The van der Waals surface area contributed by atoms with Gasteiger partial charge in [-0.15, -0.1) is 11.3 Å². The summed E-state index contributed by atoms with van der Waals surface area (Å²) in [7, 11) is 0. The third-order valence-electron chi connectivity index (χ3n) is 4.48. The molecule has 4 rings (SSSR count). The Morgan fingerprint density at radius 2 is 1.81 bits per heavy atom. The van der Waals surface area contributed by atoms with Crippen molar-refractivity contribution in [3.8, 4) is 16.3 Å².